The lowest BCUT2D eigenvalue weighted by molar-refractivity contribution is 0.474. The van der Waals surface area contributed by atoms with Gasteiger partial charge in [-0.2, -0.15) is 18.4 Å². The third-order valence-electron chi connectivity index (χ3n) is 2.75. The van der Waals surface area contributed by atoms with Crippen molar-refractivity contribution in [1.82, 2.24) is 4.83 Å². The fourth-order valence-corrected chi connectivity index (χ4v) is 2.76. The Morgan fingerprint density at radius 2 is 1.76 bits per heavy atom. The number of hydrazone groups is 1. The number of aromatic hydroxyl groups is 1. The Kier molecular flexibility index (Phi) is 4.64. The van der Waals surface area contributed by atoms with Crippen LogP contribution in [-0.2, 0) is 10.0 Å². The summed E-state index contributed by atoms with van der Waals surface area (Å²) in [6.07, 6.45) is 0. The Morgan fingerprint density at radius 3 is 2.38 bits per heavy atom. The van der Waals surface area contributed by atoms with Crippen LogP contribution in [0.5, 0.6) is 5.75 Å². The van der Waals surface area contributed by atoms with E-state index in [9.17, 15) is 13.5 Å². The van der Waals surface area contributed by atoms with Crippen LogP contribution in [0.1, 0.15) is 12.5 Å². The van der Waals surface area contributed by atoms with E-state index in [0.717, 1.165) is 4.47 Å². The molecule has 0 fully saturated rings. The van der Waals surface area contributed by atoms with Gasteiger partial charge in [0.2, 0.25) is 0 Å². The van der Waals surface area contributed by atoms with Crippen LogP contribution in [-0.4, -0.2) is 19.2 Å². The summed E-state index contributed by atoms with van der Waals surface area (Å²) in [5.74, 6) is 0.0431. The summed E-state index contributed by atoms with van der Waals surface area (Å²) in [5, 5.41) is 13.5. The Morgan fingerprint density at radius 1 is 1.14 bits per heavy atom. The molecule has 0 radical (unpaired) electrons. The molecule has 110 valence electrons. The van der Waals surface area contributed by atoms with Crippen LogP contribution < -0.4 is 4.83 Å². The largest absolute Gasteiger partial charge is 0.507 e. The number of nitrogens with one attached hydrogen (secondary N) is 1. The predicted octanol–water partition coefficient (Wildman–Crippen LogP) is 2.86. The van der Waals surface area contributed by atoms with Crippen LogP contribution in [0.2, 0.25) is 0 Å². The van der Waals surface area contributed by atoms with Crippen LogP contribution in [0, 0.1) is 0 Å². The van der Waals surface area contributed by atoms with Crippen molar-refractivity contribution in [3.63, 3.8) is 0 Å². The third kappa shape index (κ3) is 3.83. The van der Waals surface area contributed by atoms with Crippen LogP contribution in [0.4, 0.5) is 0 Å². The highest BCUT2D eigenvalue weighted by molar-refractivity contribution is 9.10. The van der Waals surface area contributed by atoms with E-state index in [1.807, 2.05) is 0 Å². The van der Waals surface area contributed by atoms with Gasteiger partial charge in [0, 0.05) is 10.0 Å². The Bertz CT molecular complexity index is 771. The van der Waals surface area contributed by atoms with Gasteiger partial charge in [-0.25, -0.2) is 0 Å². The van der Waals surface area contributed by atoms with Gasteiger partial charge in [0.1, 0.15) is 5.75 Å². The number of phenols is 1. The second-order valence-corrected chi connectivity index (χ2v) is 6.84. The van der Waals surface area contributed by atoms with E-state index < -0.39 is 10.0 Å². The van der Waals surface area contributed by atoms with Gasteiger partial charge in [-0.3, -0.25) is 0 Å². The smallest absolute Gasteiger partial charge is 0.276 e. The molecule has 0 aromatic heterocycles. The first-order valence-corrected chi connectivity index (χ1v) is 8.28. The van der Waals surface area contributed by atoms with Crippen molar-refractivity contribution in [2.75, 3.05) is 0 Å². The van der Waals surface area contributed by atoms with Crippen molar-refractivity contribution in [3.05, 3.63) is 58.6 Å². The van der Waals surface area contributed by atoms with Crippen LogP contribution in [0.25, 0.3) is 0 Å². The lowest BCUT2D eigenvalue weighted by Crippen LogP contribution is -2.19. The molecule has 0 aliphatic rings. The minimum Gasteiger partial charge on any atom is -0.507 e. The summed E-state index contributed by atoms with van der Waals surface area (Å²) < 4.78 is 24.9. The molecule has 2 aromatic carbocycles. The highest BCUT2D eigenvalue weighted by atomic mass is 79.9. The van der Waals surface area contributed by atoms with Crippen molar-refractivity contribution in [3.8, 4) is 5.75 Å². The SMILES string of the molecule is C/C(=N\NS(=O)(=O)c1ccc(Br)cc1)c1ccccc1O. The molecule has 0 aliphatic carbocycles. The minimum atomic E-state index is -3.73. The summed E-state index contributed by atoms with van der Waals surface area (Å²) in [4.78, 5) is 2.26. The lowest BCUT2D eigenvalue weighted by atomic mass is 10.1. The third-order valence-corrected chi connectivity index (χ3v) is 4.50. The molecule has 7 heteroatoms. The van der Waals surface area contributed by atoms with Gasteiger partial charge in [0.15, 0.2) is 0 Å². The van der Waals surface area contributed by atoms with Gasteiger partial charge >= 0.3 is 0 Å². The van der Waals surface area contributed by atoms with Gasteiger partial charge in [0.25, 0.3) is 10.0 Å². The first-order chi connectivity index (χ1) is 9.90. The number of hydrogen-bond acceptors (Lipinski definition) is 4. The van der Waals surface area contributed by atoms with Crippen molar-refractivity contribution in [2.24, 2.45) is 5.10 Å². The highest BCUT2D eigenvalue weighted by Gasteiger charge is 2.13. The normalized spacial score (nSPS) is 12.2. The topological polar surface area (TPSA) is 78.8 Å². The van der Waals surface area contributed by atoms with E-state index in [2.05, 4.69) is 25.9 Å². The highest BCUT2D eigenvalue weighted by Crippen LogP contribution is 2.17. The molecule has 0 aliphatic heterocycles. The minimum absolute atomic E-state index is 0.0431. The summed E-state index contributed by atoms with van der Waals surface area (Å²) in [6.45, 7) is 1.61. The quantitative estimate of drug-likeness (QED) is 0.643. The average molecular weight is 369 g/mol. The van der Waals surface area contributed by atoms with E-state index in [1.54, 1.807) is 37.3 Å². The number of halogens is 1. The number of phenolic OH excluding ortho intramolecular Hbond substituents is 1. The molecule has 0 bridgehead atoms. The van der Waals surface area contributed by atoms with Gasteiger partial charge in [-0.05, 0) is 43.3 Å². The van der Waals surface area contributed by atoms with E-state index >= 15 is 0 Å². The Hall–Kier alpha value is -1.86. The molecule has 2 aromatic rings. The molecule has 0 spiro atoms. The molecule has 21 heavy (non-hydrogen) atoms. The van der Waals surface area contributed by atoms with Crippen LogP contribution >= 0.6 is 15.9 Å². The van der Waals surface area contributed by atoms with E-state index in [4.69, 9.17) is 0 Å². The van der Waals surface area contributed by atoms with Gasteiger partial charge < -0.3 is 5.11 Å². The van der Waals surface area contributed by atoms with Crippen molar-refractivity contribution >= 4 is 31.7 Å². The first-order valence-electron chi connectivity index (χ1n) is 6.00. The van der Waals surface area contributed by atoms with Crippen LogP contribution in [0.3, 0.4) is 0 Å². The van der Waals surface area contributed by atoms with E-state index in [-0.39, 0.29) is 10.6 Å². The summed E-state index contributed by atoms with van der Waals surface area (Å²) >= 11 is 3.24. The molecular weight excluding hydrogens is 356 g/mol. The number of para-hydroxylation sites is 1. The van der Waals surface area contributed by atoms with Crippen molar-refractivity contribution in [2.45, 2.75) is 11.8 Å². The zero-order chi connectivity index (χ0) is 15.5. The summed E-state index contributed by atoms with van der Waals surface area (Å²) in [7, 11) is -3.73. The maximum Gasteiger partial charge on any atom is 0.276 e. The van der Waals surface area contributed by atoms with Crippen LogP contribution in [0.15, 0.2) is 63.0 Å². The molecule has 0 atom stereocenters. The Balaban J connectivity index is 2.23. The number of rotatable bonds is 4. The Labute approximate surface area is 131 Å². The predicted molar refractivity (Wildman–Crippen MR) is 84.8 cm³/mol. The van der Waals surface area contributed by atoms with E-state index in [0.29, 0.717) is 11.3 Å². The average Bonchev–Trinajstić information content (AvgIpc) is 2.46. The van der Waals surface area contributed by atoms with Crippen molar-refractivity contribution in [1.29, 1.82) is 0 Å². The summed E-state index contributed by atoms with van der Waals surface area (Å²) in [6, 6.07) is 12.8. The number of nitrogens with zero attached hydrogens (tertiary/aromatic N) is 1. The molecule has 0 saturated heterocycles. The molecule has 2 N–H and O–H groups in total. The molecule has 0 amide bonds. The molecule has 5 nitrogen and oxygen atoms in total. The number of sulfonamides is 1. The number of benzene rings is 2. The fraction of sp³-hybridized carbons (Fsp3) is 0.0714. The van der Waals surface area contributed by atoms with Gasteiger partial charge in [-0.15, -0.1) is 0 Å². The van der Waals surface area contributed by atoms with E-state index in [1.165, 1.54) is 18.2 Å². The summed E-state index contributed by atoms with van der Waals surface area (Å²) in [5.41, 5.74) is 0.838. The van der Waals surface area contributed by atoms with Gasteiger partial charge in [0.05, 0.1) is 10.6 Å². The zero-order valence-corrected chi connectivity index (χ0v) is 13.5. The van der Waals surface area contributed by atoms with Crippen molar-refractivity contribution < 1.29 is 13.5 Å². The molecular formula is C14H13BrN2O3S. The maximum absolute atomic E-state index is 12.1. The molecule has 2 rings (SSSR count). The molecule has 0 unspecified atom stereocenters. The fourth-order valence-electron chi connectivity index (χ4n) is 1.63. The van der Waals surface area contributed by atoms with Gasteiger partial charge in [-0.1, -0.05) is 28.1 Å². The maximum atomic E-state index is 12.1. The monoisotopic (exact) mass is 368 g/mol. The lowest BCUT2D eigenvalue weighted by Gasteiger charge is -2.06. The first kappa shape index (κ1) is 15.5. The molecule has 0 heterocycles. The molecule has 0 saturated carbocycles. The standard InChI is InChI=1S/C14H13BrN2O3S/c1-10(13-4-2-3-5-14(13)18)16-17-21(19,20)12-8-6-11(15)7-9-12/h2-9,17-18H,1H3/b16-10+. The second-order valence-electron chi connectivity index (χ2n) is 4.26. The second kappa shape index (κ2) is 6.28. The zero-order valence-electron chi connectivity index (χ0n) is 11.1. The number of hydrogen-bond donors (Lipinski definition) is 2.